The molecule has 1 aliphatic carbocycles. The molecule has 1 unspecified atom stereocenters. The maximum atomic E-state index is 14.5. The van der Waals surface area contributed by atoms with Crippen LogP contribution in [0, 0.1) is 11.7 Å². The van der Waals surface area contributed by atoms with Crippen LogP contribution in [-0.2, 0) is 0 Å². The quantitative estimate of drug-likeness (QED) is 0.574. The molecule has 0 spiro atoms. The van der Waals surface area contributed by atoms with E-state index >= 15 is 0 Å². The van der Waals surface area contributed by atoms with Crippen molar-refractivity contribution in [3.8, 4) is 0 Å². The van der Waals surface area contributed by atoms with Crippen molar-refractivity contribution >= 4 is 16.7 Å². The third-order valence-corrected chi connectivity index (χ3v) is 5.30. The van der Waals surface area contributed by atoms with Gasteiger partial charge in [-0.25, -0.2) is 31.9 Å². The molecule has 4 rings (SSSR count). The van der Waals surface area contributed by atoms with E-state index in [-0.39, 0.29) is 23.3 Å². The molecule has 2 heterocycles. The molecule has 1 aliphatic rings. The minimum absolute atomic E-state index is 0.0211. The Balaban J connectivity index is 1.70. The highest BCUT2D eigenvalue weighted by Crippen LogP contribution is 2.46. The Morgan fingerprint density at radius 1 is 1.17 bits per heavy atom. The second-order valence-electron chi connectivity index (χ2n) is 7.26. The van der Waals surface area contributed by atoms with Crippen LogP contribution >= 0.6 is 0 Å². The zero-order valence-electron chi connectivity index (χ0n) is 15.7. The molecule has 2 aromatic heterocycles. The molecule has 0 bridgehead atoms. The Morgan fingerprint density at radius 2 is 1.90 bits per heavy atom. The van der Waals surface area contributed by atoms with Crippen LogP contribution in [0.15, 0.2) is 41.6 Å². The van der Waals surface area contributed by atoms with Gasteiger partial charge in [-0.05, 0) is 13.3 Å². The maximum absolute atomic E-state index is 14.5. The first-order valence-electron chi connectivity index (χ1n) is 9.26. The molecule has 0 amide bonds. The van der Waals surface area contributed by atoms with Gasteiger partial charge in [-0.3, -0.25) is 4.79 Å². The molecule has 0 saturated heterocycles. The molecule has 0 radical (unpaired) electrons. The Labute approximate surface area is 167 Å². The van der Waals surface area contributed by atoms with Crippen molar-refractivity contribution in [2.24, 2.45) is 5.92 Å². The monoisotopic (exact) mass is 424 g/mol. The lowest BCUT2D eigenvalue weighted by atomic mass is 10.0. The van der Waals surface area contributed by atoms with E-state index in [9.17, 15) is 26.7 Å². The number of pyridine rings is 1. The van der Waals surface area contributed by atoms with Gasteiger partial charge in [0.25, 0.3) is 12.0 Å². The molecular weight excluding hydrogens is 407 g/mol. The maximum Gasteiger partial charge on any atom is 0.266 e. The molecule has 1 fully saturated rings. The minimum atomic E-state index is -2.95. The average molecular weight is 424 g/mol. The highest BCUT2D eigenvalue weighted by molar-refractivity contribution is 5.88. The van der Waals surface area contributed by atoms with Gasteiger partial charge in [0, 0.05) is 29.8 Å². The van der Waals surface area contributed by atoms with Crippen LogP contribution in [0.2, 0.25) is 0 Å². The number of fused-ring (bicyclic) bond motifs is 1. The predicted molar refractivity (Wildman–Crippen MR) is 100 cm³/mol. The highest BCUT2D eigenvalue weighted by Gasteiger charge is 2.46. The van der Waals surface area contributed by atoms with Crippen molar-refractivity contribution in [3.63, 3.8) is 0 Å². The first kappa shape index (κ1) is 20.2. The number of anilines is 1. The summed E-state index contributed by atoms with van der Waals surface area (Å²) in [4.78, 5) is 20.4. The van der Waals surface area contributed by atoms with E-state index in [0.29, 0.717) is 5.39 Å². The first-order chi connectivity index (χ1) is 14.3. The van der Waals surface area contributed by atoms with E-state index < -0.39 is 47.8 Å². The van der Waals surface area contributed by atoms with E-state index in [0.717, 1.165) is 6.07 Å². The zero-order valence-corrected chi connectivity index (χ0v) is 15.7. The summed E-state index contributed by atoms with van der Waals surface area (Å²) < 4.78 is 67.5. The molecule has 3 atom stereocenters. The number of nitrogens with zero attached hydrogens (tertiary/aromatic N) is 3. The van der Waals surface area contributed by atoms with E-state index in [4.69, 9.17) is 0 Å². The van der Waals surface area contributed by atoms with Gasteiger partial charge in [0.05, 0.1) is 22.5 Å². The van der Waals surface area contributed by atoms with Crippen molar-refractivity contribution in [2.75, 3.05) is 5.32 Å². The van der Waals surface area contributed by atoms with Crippen molar-refractivity contribution in [1.82, 2.24) is 14.5 Å². The summed E-state index contributed by atoms with van der Waals surface area (Å²) in [5, 5.41) is 3.33. The standard InChI is InChI=1S/C20H17F5N4O/c1-9(10-3-2-4-11(17(10)21)18(22)23)28-20-13-7-29(15-5-12(15)19(24)25)16(30)6-14(13)26-8-27-20/h2-4,6-9,12,15,18-19H,5H2,1H3,(H,26,27,28)/t9-,12?,15+/m1/s1. The molecule has 30 heavy (non-hydrogen) atoms. The summed E-state index contributed by atoms with van der Waals surface area (Å²) in [5.41, 5.74) is -0.844. The number of aromatic nitrogens is 3. The van der Waals surface area contributed by atoms with Crippen molar-refractivity contribution < 1.29 is 22.0 Å². The average Bonchev–Trinajstić information content (AvgIpc) is 3.48. The fourth-order valence-electron chi connectivity index (χ4n) is 3.57. The van der Waals surface area contributed by atoms with Crippen LogP contribution in [0.5, 0.6) is 0 Å². The Bertz CT molecular complexity index is 1150. The third-order valence-electron chi connectivity index (χ3n) is 5.30. The second kappa shape index (κ2) is 7.66. The SMILES string of the molecule is C[C@@H](Nc1ncnc2cc(=O)n([C@H]3CC3C(F)F)cc12)c1cccc(C(F)F)c1F. The summed E-state index contributed by atoms with van der Waals surface area (Å²) in [7, 11) is 0. The molecule has 1 saturated carbocycles. The molecule has 1 aromatic carbocycles. The van der Waals surface area contributed by atoms with Crippen LogP contribution < -0.4 is 10.9 Å². The normalized spacial score (nSPS) is 19.5. The lowest BCUT2D eigenvalue weighted by molar-refractivity contribution is 0.116. The topological polar surface area (TPSA) is 59.8 Å². The highest BCUT2D eigenvalue weighted by atomic mass is 19.3. The van der Waals surface area contributed by atoms with Gasteiger partial charge in [-0.15, -0.1) is 0 Å². The fourth-order valence-corrected chi connectivity index (χ4v) is 3.57. The Hall–Kier alpha value is -3.04. The van der Waals surface area contributed by atoms with E-state index in [1.54, 1.807) is 6.92 Å². The van der Waals surface area contributed by atoms with Gasteiger partial charge in [-0.1, -0.05) is 18.2 Å². The largest absolute Gasteiger partial charge is 0.363 e. The number of hydrogen-bond acceptors (Lipinski definition) is 4. The van der Waals surface area contributed by atoms with Crippen LogP contribution in [0.3, 0.4) is 0 Å². The van der Waals surface area contributed by atoms with Gasteiger partial charge in [-0.2, -0.15) is 0 Å². The summed E-state index contributed by atoms with van der Waals surface area (Å²) >= 11 is 0. The second-order valence-corrected chi connectivity index (χ2v) is 7.26. The van der Waals surface area contributed by atoms with Crippen molar-refractivity contribution in [2.45, 2.75) is 38.3 Å². The number of nitrogens with one attached hydrogen (secondary N) is 1. The third kappa shape index (κ3) is 3.61. The lowest BCUT2D eigenvalue weighted by Gasteiger charge is -2.18. The van der Waals surface area contributed by atoms with Crippen LogP contribution in [0.25, 0.3) is 10.9 Å². The number of halogens is 5. The smallest absolute Gasteiger partial charge is 0.266 e. The molecule has 10 heteroatoms. The van der Waals surface area contributed by atoms with E-state index in [1.165, 1.54) is 35.3 Å². The van der Waals surface area contributed by atoms with Gasteiger partial charge in [0.2, 0.25) is 6.43 Å². The Morgan fingerprint density at radius 3 is 2.57 bits per heavy atom. The fraction of sp³-hybridized carbons (Fsp3) is 0.350. The number of rotatable bonds is 6. The molecule has 0 aliphatic heterocycles. The summed E-state index contributed by atoms with van der Waals surface area (Å²) in [5.74, 6) is -1.66. The molecule has 1 N–H and O–H groups in total. The summed E-state index contributed by atoms with van der Waals surface area (Å²) in [6, 6.07) is 3.63. The minimum Gasteiger partial charge on any atom is -0.363 e. The van der Waals surface area contributed by atoms with E-state index in [1.807, 2.05) is 0 Å². The lowest BCUT2D eigenvalue weighted by Crippen LogP contribution is -2.20. The van der Waals surface area contributed by atoms with Crippen LogP contribution in [-0.4, -0.2) is 21.0 Å². The molecule has 3 aromatic rings. The predicted octanol–water partition coefficient (Wildman–Crippen LogP) is 4.87. The van der Waals surface area contributed by atoms with E-state index in [2.05, 4.69) is 15.3 Å². The van der Waals surface area contributed by atoms with Gasteiger partial charge < -0.3 is 9.88 Å². The Kier molecular flexibility index (Phi) is 5.17. The summed E-state index contributed by atoms with van der Waals surface area (Å²) in [6.45, 7) is 1.57. The van der Waals surface area contributed by atoms with Crippen molar-refractivity contribution in [3.05, 3.63) is 64.1 Å². The van der Waals surface area contributed by atoms with Gasteiger partial charge in [0.15, 0.2) is 0 Å². The first-order valence-corrected chi connectivity index (χ1v) is 9.26. The van der Waals surface area contributed by atoms with Gasteiger partial charge >= 0.3 is 0 Å². The molecule has 5 nitrogen and oxygen atoms in total. The van der Waals surface area contributed by atoms with Crippen LogP contribution in [0.4, 0.5) is 27.8 Å². The zero-order chi connectivity index (χ0) is 21.6. The number of benzene rings is 1. The van der Waals surface area contributed by atoms with Gasteiger partial charge in [0.1, 0.15) is 18.0 Å². The molecule has 158 valence electrons. The number of hydrogen-bond donors (Lipinski definition) is 1. The molecular formula is C20H17F5N4O. The number of alkyl halides is 4. The van der Waals surface area contributed by atoms with Crippen LogP contribution in [0.1, 0.15) is 43.0 Å². The van der Waals surface area contributed by atoms with Crippen molar-refractivity contribution in [1.29, 1.82) is 0 Å². The summed E-state index contributed by atoms with van der Waals surface area (Å²) in [6.07, 6.45) is -2.67.